The molecule has 0 radical (unpaired) electrons. The second kappa shape index (κ2) is 11.4. The van der Waals surface area contributed by atoms with Crippen LogP contribution in [-0.2, 0) is 0 Å². The Kier molecular flexibility index (Phi) is 7.10. The number of hydrogen-bond donors (Lipinski definition) is 0. The van der Waals surface area contributed by atoms with Gasteiger partial charge in [0.25, 0.3) is 0 Å². The molecule has 1 aliphatic rings. The maximum atomic E-state index is 5.36. The highest BCUT2D eigenvalue weighted by molar-refractivity contribution is 9.10. The third kappa shape index (κ3) is 4.86. The van der Waals surface area contributed by atoms with Crippen molar-refractivity contribution >= 4 is 73.1 Å². The van der Waals surface area contributed by atoms with Crippen molar-refractivity contribution in [2.45, 2.75) is 0 Å². The van der Waals surface area contributed by atoms with Gasteiger partial charge in [0.1, 0.15) is 0 Å². The quantitative estimate of drug-likeness (QED) is 0.170. The zero-order valence-electron chi connectivity index (χ0n) is 23.4. The predicted octanol–water partition coefficient (Wildman–Crippen LogP) is 10.7. The summed E-state index contributed by atoms with van der Waals surface area (Å²) in [6.45, 7) is 0. The topological polar surface area (TPSA) is 29.0 Å². The molecule has 6 heteroatoms. The van der Waals surface area contributed by atoms with Crippen LogP contribution in [0.25, 0.3) is 44.4 Å². The predicted molar refractivity (Wildman–Crippen MR) is 192 cm³/mol. The smallest absolute Gasteiger partial charge is 0.235 e. The van der Waals surface area contributed by atoms with Gasteiger partial charge < -0.3 is 0 Å². The summed E-state index contributed by atoms with van der Waals surface area (Å²) in [5.41, 5.74) is 8.79. The molecule has 1 aromatic heterocycles. The van der Waals surface area contributed by atoms with E-state index in [0.717, 1.165) is 42.4 Å². The number of fused-ring (bicyclic) bond motifs is 4. The van der Waals surface area contributed by atoms with Gasteiger partial charge >= 0.3 is 0 Å². The first-order chi connectivity index (χ1) is 21.6. The lowest BCUT2D eigenvalue weighted by Gasteiger charge is -2.39. The van der Waals surface area contributed by atoms with Gasteiger partial charge in [0.2, 0.25) is 5.95 Å². The second-order valence-electron chi connectivity index (χ2n) is 10.6. The summed E-state index contributed by atoms with van der Waals surface area (Å²) >= 11 is 7.57. The van der Waals surface area contributed by atoms with Crippen LogP contribution in [-0.4, -0.2) is 9.97 Å². The summed E-state index contributed by atoms with van der Waals surface area (Å²) in [5, 5.41) is 3.52. The first-order valence-corrected chi connectivity index (χ1v) is 17.2. The molecule has 1 unspecified atom stereocenters. The van der Waals surface area contributed by atoms with Crippen molar-refractivity contribution in [3.63, 3.8) is 0 Å². The lowest BCUT2D eigenvalue weighted by atomic mass is 10.0. The molecule has 0 fully saturated rings. The summed E-state index contributed by atoms with van der Waals surface area (Å²) in [7, 11) is -1.10. The molecule has 0 saturated heterocycles. The molecular formula is C38H24Br2N3P. The van der Waals surface area contributed by atoms with Crippen LogP contribution in [0.2, 0.25) is 0 Å². The normalized spacial score (nSPS) is 13.9. The first-order valence-electron chi connectivity index (χ1n) is 14.3. The third-order valence-corrected chi connectivity index (χ3v) is 11.3. The maximum absolute atomic E-state index is 5.36. The van der Waals surface area contributed by atoms with Crippen molar-refractivity contribution in [1.82, 2.24) is 9.97 Å². The van der Waals surface area contributed by atoms with E-state index in [-0.39, 0.29) is 0 Å². The number of nitrogens with zero attached hydrogens (tertiary/aromatic N) is 3. The Hall–Kier alpha value is -4.15. The number of anilines is 2. The fourth-order valence-electron chi connectivity index (χ4n) is 5.88. The van der Waals surface area contributed by atoms with Gasteiger partial charge in [-0.3, -0.25) is 4.67 Å². The molecule has 0 saturated carbocycles. The fraction of sp³-hybridized carbons (Fsp3) is 0. The van der Waals surface area contributed by atoms with E-state index in [1.165, 1.54) is 27.3 Å². The van der Waals surface area contributed by atoms with Crippen LogP contribution in [0.1, 0.15) is 0 Å². The SMILES string of the molecule is Brc1ccc2c(c1)N(c1nc(-c3ccccc3)c3ccccc3n1)P(c1ccc(-c3ccccc3)cc1)c1cc(Br)ccc1-2. The van der Waals surface area contributed by atoms with Gasteiger partial charge in [-0.05, 0) is 47.0 Å². The van der Waals surface area contributed by atoms with Gasteiger partial charge in [-0.2, -0.15) is 0 Å². The molecule has 0 spiro atoms. The highest BCUT2D eigenvalue weighted by Gasteiger charge is 2.36. The zero-order valence-corrected chi connectivity index (χ0v) is 27.5. The molecule has 2 heterocycles. The van der Waals surface area contributed by atoms with Gasteiger partial charge in [0, 0.05) is 36.1 Å². The molecule has 6 aromatic carbocycles. The minimum absolute atomic E-state index is 0.686. The minimum Gasteiger partial charge on any atom is -0.280 e. The Morgan fingerprint density at radius 2 is 1.14 bits per heavy atom. The van der Waals surface area contributed by atoms with Crippen molar-refractivity contribution in [2.24, 2.45) is 0 Å². The van der Waals surface area contributed by atoms with E-state index in [1.54, 1.807) is 0 Å². The van der Waals surface area contributed by atoms with Gasteiger partial charge in [-0.15, -0.1) is 0 Å². The van der Waals surface area contributed by atoms with Crippen LogP contribution < -0.4 is 15.3 Å². The summed E-state index contributed by atoms with van der Waals surface area (Å²) in [6.07, 6.45) is 0. The van der Waals surface area contributed by atoms with E-state index >= 15 is 0 Å². The summed E-state index contributed by atoms with van der Waals surface area (Å²) < 4.78 is 4.44. The van der Waals surface area contributed by atoms with Crippen LogP contribution in [0, 0.1) is 0 Å². The van der Waals surface area contributed by atoms with Crippen LogP contribution in [0.3, 0.4) is 0 Å². The average molecular weight is 713 g/mol. The van der Waals surface area contributed by atoms with Crippen molar-refractivity contribution in [2.75, 3.05) is 4.67 Å². The van der Waals surface area contributed by atoms with Gasteiger partial charge in [0.05, 0.1) is 25.0 Å². The number of halogens is 2. The molecule has 210 valence electrons. The monoisotopic (exact) mass is 711 g/mol. The van der Waals surface area contributed by atoms with Crippen molar-refractivity contribution < 1.29 is 0 Å². The lowest BCUT2D eigenvalue weighted by molar-refractivity contribution is 1.16. The Morgan fingerprint density at radius 3 is 1.89 bits per heavy atom. The van der Waals surface area contributed by atoms with E-state index in [2.05, 4.69) is 170 Å². The molecule has 8 rings (SSSR count). The van der Waals surface area contributed by atoms with Gasteiger partial charge in [-0.25, -0.2) is 9.97 Å². The lowest BCUT2D eigenvalue weighted by Crippen LogP contribution is -2.31. The Labute approximate surface area is 274 Å². The largest absolute Gasteiger partial charge is 0.280 e. The standard InChI is InChI=1S/C38H24Br2N3P/c39-28-17-21-31-32-22-18-29(40)24-36(32)44(30-19-15-26(16-20-30)25-9-3-1-4-10-25)43(35(31)23-28)38-41-34-14-8-7-13-33(34)37(42-38)27-11-5-2-6-12-27/h1-24H. The minimum atomic E-state index is -1.10. The molecule has 1 aliphatic heterocycles. The Bertz CT molecular complexity index is 2150. The van der Waals surface area contributed by atoms with Crippen molar-refractivity contribution in [1.29, 1.82) is 0 Å². The van der Waals surface area contributed by atoms with Gasteiger partial charge in [-0.1, -0.05) is 147 Å². The molecule has 3 nitrogen and oxygen atoms in total. The van der Waals surface area contributed by atoms with E-state index < -0.39 is 8.07 Å². The number of para-hydroxylation sites is 1. The summed E-state index contributed by atoms with van der Waals surface area (Å²) in [4.78, 5) is 10.6. The maximum Gasteiger partial charge on any atom is 0.235 e. The Morgan fingerprint density at radius 1 is 0.523 bits per heavy atom. The van der Waals surface area contributed by atoms with Gasteiger partial charge in [0.15, 0.2) is 0 Å². The summed E-state index contributed by atoms with van der Waals surface area (Å²) in [6, 6.07) is 51.4. The van der Waals surface area contributed by atoms with E-state index in [0.29, 0.717) is 5.95 Å². The van der Waals surface area contributed by atoms with E-state index in [9.17, 15) is 0 Å². The molecular weight excluding hydrogens is 689 g/mol. The van der Waals surface area contributed by atoms with Crippen LogP contribution in [0.4, 0.5) is 11.6 Å². The van der Waals surface area contributed by atoms with Crippen LogP contribution >= 0.6 is 39.9 Å². The molecule has 44 heavy (non-hydrogen) atoms. The number of rotatable bonds is 4. The molecule has 0 bridgehead atoms. The number of aromatic nitrogens is 2. The molecule has 7 aromatic rings. The van der Waals surface area contributed by atoms with E-state index in [1.807, 2.05) is 12.1 Å². The van der Waals surface area contributed by atoms with Crippen LogP contribution in [0.15, 0.2) is 155 Å². The first kappa shape index (κ1) is 27.4. The van der Waals surface area contributed by atoms with E-state index in [4.69, 9.17) is 9.97 Å². The van der Waals surface area contributed by atoms with Crippen molar-refractivity contribution in [3.8, 4) is 33.5 Å². The number of benzene rings is 6. The number of hydrogen-bond acceptors (Lipinski definition) is 3. The molecule has 0 N–H and O–H groups in total. The highest BCUT2D eigenvalue weighted by Crippen LogP contribution is 2.56. The molecule has 0 aliphatic carbocycles. The van der Waals surface area contributed by atoms with Crippen molar-refractivity contribution in [3.05, 3.63) is 155 Å². The third-order valence-electron chi connectivity index (χ3n) is 7.91. The average Bonchev–Trinajstić information content (AvgIpc) is 3.08. The highest BCUT2D eigenvalue weighted by atomic mass is 79.9. The Balaban J connectivity index is 1.40. The second-order valence-corrected chi connectivity index (χ2v) is 14.5. The summed E-state index contributed by atoms with van der Waals surface area (Å²) in [5.74, 6) is 0.686. The molecule has 1 atom stereocenters. The molecule has 0 amide bonds. The van der Waals surface area contributed by atoms with Crippen LogP contribution in [0.5, 0.6) is 0 Å². The fourth-order valence-corrected chi connectivity index (χ4v) is 9.26. The zero-order chi connectivity index (χ0) is 29.6.